The SMILES string of the molecule is CCC(C)C(N)C(=O)NC(C)c1ccccc1OC. The highest BCUT2D eigenvalue weighted by Crippen LogP contribution is 2.24. The van der Waals surface area contributed by atoms with Gasteiger partial charge in [0.1, 0.15) is 5.75 Å². The third kappa shape index (κ3) is 3.96. The fourth-order valence-corrected chi connectivity index (χ4v) is 1.92. The second-order valence-corrected chi connectivity index (χ2v) is 4.88. The van der Waals surface area contributed by atoms with Gasteiger partial charge in [0.25, 0.3) is 0 Å². The largest absolute Gasteiger partial charge is 0.496 e. The molecule has 0 aliphatic heterocycles. The van der Waals surface area contributed by atoms with Crippen molar-refractivity contribution in [3.63, 3.8) is 0 Å². The van der Waals surface area contributed by atoms with Crippen LogP contribution in [0.2, 0.25) is 0 Å². The normalized spacial score (nSPS) is 15.4. The molecule has 0 heterocycles. The lowest BCUT2D eigenvalue weighted by Gasteiger charge is -2.22. The predicted octanol–water partition coefficient (Wildman–Crippen LogP) is 2.25. The highest BCUT2D eigenvalue weighted by molar-refractivity contribution is 5.82. The van der Waals surface area contributed by atoms with Gasteiger partial charge in [-0.05, 0) is 18.9 Å². The molecule has 0 saturated heterocycles. The van der Waals surface area contributed by atoms with Crippen LogP contribution in [0.4, 0.5) is 0 Å². The number of amides is 1. The van der Waals surface area contributed by atoms with Crippen LogP contribution in [0.1, 0.15) is 38.8 Å². The van der Waals surface area contributed by atoms with Crippen LogP contribution in [0.3, 0.4) is 0 Å². The second kappa shape index (κ2) is 7.14. The number of carbonyl (C=O) groups excluding carboxylic acids is 1. The highest BCUT2D eigenvalue weighted by Gasteiger charge is 2.22. The minimum Gasteiger partial charge on any atom is -0.496 e. The summed E-state index contributed by atoms with van der Waals surface area (Å²) in [5.74, 6) is 0.824. The Morgan fingerprint density at radius 2 is 2.00 bits per heavy atom. The topological polar surface area (TPSA) is 64.4 Å². The number of hydrogen-bond acceptors (Lipinski definition) is 3. The average molecular weight is 264 g/mol. The van der Waals surface area contributed by atoms with Crippen molar-refractivity contribution in [1.29, 1.82) is 0 Å². The van der Waals surface area contributed by atoms with Gasteiger partial charge in [0.15, 0.2) is 0 Å². The Kier molecular flexibility index (Phi) is 5.83. The maximum absolute atomic E-state index is 12.0. The molecular formula is C15H24N2O2. The van der Waals surface area contributed by atoms with Crippen LogP contribution >= 0.6 is 0 Å². The van der Waals surface area contributed by atoms with Crippen molar-refractivity contribution >= 4 is 5.91 Å². The quantitative estimate of drug-likeness (QED) is 0.828. The number of methoxy groups -OCH3 is 1. The van der Waals surface area contributed by atoms with Crippen LogP contribution in [-0.4, -0.2) is 19.1 Å². The molecule has 0 saturated carbocycles. The fraction of sp³-hybridized carbons (Fsp3) is 0.533. The maximum atomic E-state index is 12.0. The lowest BCUT2D eigenvalue weighted by molar-refractivity contribution is -0.124. The van der Waals surface area contributed by atoms with Crippen molar-refractivity contribution in [2.45, 2.75) is 39.3 Å². The zero-order valence-electron chi connectivity index (χ0n) is 12.1. The van der Waals surface area contributed by atoms with Gasteiger partial charge in [-0.2, -0.15) is 0 Å². The van der Waals surface area contributed by atoms with E-state index in [-0.39, 0.29) is 17.9 Å². The van der Waals surface area contributed by atoms with E-state index in [1.165, 1.54) is 0 Å². The molecule has 1 aromatic carbocycles. The molecule has 1 aromatic rings. The molecule has 3 N–H and O–H groups in total. The van der Waals surface area contributed by atoms with Crippen molar-refractivity contribution < 1.29 is 9.53 Å². The monoisotopic (exact) mass is 264 g/mol. The number of para-hydroxylation sites is 1. The van der Waals surface area contributed by atoms with Crippen molar-refractivity contribution in [1.82, 2.24) is 5.32 Å². The van der Waals surface area contributed by atoms with Gasteiger partial charge in [0.05, 0.1) is 19.2 Å². The van der Waals surface area contributed by atoms with Gasteiger partial charge >= 0.3 is 0 Å². The number of nitrogens with one attached hydrogen (secondary N) is 1. The van der Waals surface area contributed by atoms with E-state index in [2.05, 4.69) is 5.32 Å². The molecule has 19 heavy (non-hydrogen) atoms. The molecule has 0 aromatic heterocycles. The van der Waals surface area contributed by atoms with E-state index < -0.39 is 6.04 Å². The van der Waals surface area contributed by atoms with Crippen molar-refractivity contribution in [3.05, 3.63) is 29.8 Å². The smallest absolute Gasteiger partial charge is 0.237 e. The van der Waals surface area contributed by atoms with Gasteiger partial charge in [-0.25, -0.2) is 0 Å². The average Bonchev–Trinajstić information content (AvgIpc) is 2.45. The Labute approximate surface area is 115 Å². The molecular weight excluding hydrogens is 240 g/mol. The molecule has 4 heteroatoms. The van der Waals surface area contributed by atoms with Crippen LogP contribution < -0.4 is 15.8 Å². The Hall–Kier alpha value is -1.55. The van der Waals surface area contributed by atoms with Gasteiger partial charge in [-0.15, -0.1) is 0 Å². The summed E-state index contributed by atoms with van der Waals surface area (Å²) in [7, 11) is 1.62. The number of rotatable bonds is 6. The lowest BCUT2D eigenvalue weighted by Crippen LogP contribution is -2.45. The molecule has 0 spiro atoms. The standard InChI is InChI=1S/C15H24N2O2/c1-5-10(2)14(16)15(18)17-11(3)12-8-6-7-9-13(12)19-4/h6-11,14H,5,16H2,1-4H3,(H,17,18). The Morgan fingerprint density at radius 3 is 2.58 bits per heavy atom. The van der Waals surface area contributed by atoms with E-state index in [1.807, 2.05) is 45.0 Å². The van der Waals surface area contributed by atoms with Crippen molar-refractivity contribution in [2.75, 3.05) is 7.11 Å². The first-order chi connectivity index (χ1) is 9.01. The molecule has 4 nitrogen and oxygen atoms in total. The van der Waals surface area contributed by atoms with Crippen LogP contribution in [0, 0.1) is 5.92 Å². The third-order valence-corrected chi connectivity index (χ3v) is 3.52. The van der Waals surface area contributed by atoms with E-state index in [9.17, 15) is 4.79 Å². The number of ether oxygens (including phenoxy) is 1. The highest BCUT2D eigenvalue weighted by atomic mass is 16.5. The molecule has 1 rings (SSSR count). The van der Waals surface area contributed by atoms with Gasteiger partial charge in [-0.3, -0.25) is 4.79 Å². The van der Waals surface area contributed by atoms with E-state index in [0.717, 1.165) is 17.7 Å². The number of carbonyl (C=O) groups is 1. The molecule has 3 atom stereocenters. The minimum absolute atomic E-state index is 0.118. The molecule has 0 radical (unpaired) electrons. The summed E-state index contributed by atoms with van der Waals surface area (Å²) in [4.78, 5) is 12.0. The molecule has 0 bridgehead atoms. The summed E-state index contributed by atoms with van der Waals surface area (Å²) < 4.78 is 5.29. The van der Waals surface area contributed by atoms with Gasteiger partial charge in [0, 0.05) is 5.56 Å². The first-order valence-corrected chi connectivity index (χ1v) is 6.70. The number of hydrogen-bond donors (Lipinski definition) is 2. The van der Waals surface area contributed by atoms with Crippen LogP contribution in [0.5, 0.6) is 5.75 Å². The second-order valence-electron chi connectivity index (χ2n) is 4.88. The Balaban J connectivity index is 2.74. The predicted molar refractivity (Wildman–Crippen MR) is 77.0 cm³/mol. The molecule has 0 aliphatic rings. The summed E-state index contributed by atoms with van der Waals surface area (Å²) in [6, 6.07) is 7.06. The van der Waals surface area contributed by atoms with Crippen molar-refractivity contribution in [2.24, 2.45) is 11.7 Å². The number of nitrogens with two attached hydrogens (primary N) is 1. The molecule has 0 fully saturated rings. The summed E-state index contributed by atoms with van der Waals surface area (Å²) in [6.45, 7) is 5.94. The van der Waals surface area contributed by atoms with Crippen LogP contribution in [0.25, 0.3) is 0 Å². The van der Waals surface area contributed by atoms with E-state index in [1.54, 1.807) is 7.11 Å². The summed E-state index contributed by atoms with van der Waals surface area (Å²) in [5.41, 5.74) is 6.88. The Bertz CT molecular complexity index is 420. The minimum atomic E-state index is -0.470. The summed E-state index contributed by atoms with van der Waals surface area (Å²) in [6.07, 6.45) is 0.887. The van der Waals surface area contributed by atoms with Crippen molar-refractivity contribution in [3.8, 4) is 5.75 Å². The van der Waals surface area contributed by atoms with Gasteiger partial charge in [-0.1, -0.05) is 38.5 Å². The fourth-order valence-electron chi connectivity index (χ4n) is 1.92. The summed E-state index contributed by atoms with van der Waals surface area (Å²) >= 11 is 0. The maximum Gasteiger partial charge on any atom is 0.237 e. The van der Waals surface area contributed by atoms with Crippen LogP contribution in [-0.2, 0) is 4.79 Å². The summed E-state index contributed by atoms with van der Waals surface area (Å²) in [5, 5.41) is 2.94. The van der Waals surface area contributed by atoms with Crippen LogP contribution in [0.15, 0.2) is 24.3 Å². The van der Waals surface area contributed by atoms with Gasteiger partial charge in [0.2, 0.25) is 5.91 Å². The van der Waals surface area contributed by atoms with E-state index in [0.29, 0.717) is 0 Å². The molecule has 0 aliphatic carbocycles. The van der Waals surface area contributed by atoms with E-state index in [4.69, 9.17) is 10.5 Å². The molecule has 3 unspecified atom stereocenters. The van der Waals surface area contributed by atoms with E-state index >= 15 is 0 Å². The molecule has 1 amide bonds. The Morgan fingerprint density at radius 1 is 1.37 bits per heavy atom. The van der Waals surface area contributed by atoms with Gasteiger partial charge < -0.3 is 15.8 Å². The molecule has 106 valence electrons. The number of benzene rings is 1. The first kappa shape index (κ1) is 15.5. The lowest BCUT2D eigenvalue weighted by atomic mass is 9.98. The first-order valence-electron chi connectivity index (χ1n) is 6.70. The zero-order valence-corrected chi connectivity index (χ0v) is 12.1. The third-order valence-electron chi connectivity index (χ3n) is 3.52. The zero-order chi connectivity index (χ0) is 14.4.